The Hall–Kier alpha value is -1.92. The quantitative estimate of drug-likeness (QED) is 0.804. The maximum Gasteiger partial charge on any atom is 0.255 e. The average molecular weight is 339 g/mol. The number of nitrogens with zero attached hydrogens (tertiary/aromatic N) is 1. The molecule has 1 aromatic heterocycles. The number of nitrogens with two attached hydrogens (primary N) is 1. The van der Waals surface area contributed by atoms with Crippen LogP contribution in [0.4, 0.5) is 4.39 Å². The Morgan fingerprint density at radius 1 is 1.26 bits per heavy atom. The number of aromatic amines is 1. The number of amides is 1. The number of halogens is 2. The zero-order valence-electron chi connectivity index (χ0n) is 12.6. The van der Waals surface area contributed by atoms with E-state index in [9.17, 15) is 9.18 Å². The third-order valence-electron chi connectivity index (χ3n) is 4.13. The highest BCUT2D eigenvalue weighted by Crippen LogP contribution is 2.24. The van der Waals surface area contributed by atoms with Gasteiger partial charge < -0.3 is 11.1 Å². The number of carbonyl (C=O) groups is 1. The minimum Gasteiger partial charge on any atom is -0.349 e. The summed E-state index contributed by atoms with van der Waals surface area (Å²) in [4.78, 5) is 12.4. The zero-order valence-corrected chi connectivity index (χ0v) is 13.4. The van der Waals surface area contributed by atoms with Crippen molar-refractivity contribution in [2.24, 2.45) is 5.73 Å². The Labute approximate surface area is 140 Å². The van der Waals surface area contributed by atoms with Crippen LogP contribution in [0.3, 0.4) is 0 Å². The Bertz CT molecular complexity index is 668. The molecule has 0 spiro atoms. The van der Waals surface area contributed by atoms with Crippen LogP contribution in [0.5, 0.6) is 0 Å². The first-order chi connectivity index (χ1) is 10.6. The summed E-state index contributed by atoms with van der Waals surface area (Å²) in [6, 6.07) is 6.68. The molecular formula is C16H20ClFN4O. The lowest BCUT2D eigenvalue weighted by molar-refractivity contribution is 0.0926. The number of hydrogen-bond donors (Lipinski definition) is 3. The van der Waals surface area contributed by atoms with Gasteiger partial charge in [-0.1, -0.05) is 12.1 Å². The highest BCUT2D eigenvalue weighted by atomic mass is 35.5. The van der Waals surface area contributed by atoms with Crippen molar-refractivity contribution in [3.8, 4) is 11.3 Å². The molecular weight excluding hydrogens is 319 g/mol. The van der Waals surface area contributed by atoms with Crippen LogP contribution >= 0.6 is 12.4 Å². The van der Waals surface area contributed by atoms with Crippen LogP contribution in [0.15, 0.2) is 30.5 Å². The van der Waals surface area contributed by atoms with Crippen molar-refractivity contribution >= 4 is 18.3 Å². The molecule has 1 aliphatic rings. The van der Waals surface area contributed by atoms with Crippen LogP contribution in [0, 0.1) is 5.82 Å². The summed E-state index contributed by atoms with van der Waals surface area (Å²) < 4.78 is 13.9. The highest BCUT2D eigenvalue weighted by Gasteiger charge is 2.23. The lowest BCUT2D eigenvalue weighted by Gasteiger charge is -2.26. The van der Waals surface area contributed by atoms with E-state index in [2.05, 4.69) is 15.5 Å². The topological polar surface area (TPSA) is 83.8 Å². The monoisotopic (exact) mass is 338 g/mol. The molecule has 0 atom stereocenters. The van der Waals surface area contributed by atoms with E-state index in [0.29, 0.717) is 16.8 Å². The van der Waals surface area contributed by atoms with Crippen LogP contribution < -0.4 is 11.1 Å². The summed E-state index contributed by atoms with van der Waals surface area (Å²) in [5, 5.41) is 9.61. The van der Waals surface area contributed by atoms with Gasteiger partial charge in [0.05, 0.1) is 17.5 Å². The molecule has 0 unspecified atom stereocenters. The van der Waals surface area contributed by atoms with Crippen LogP contribution in [0.1, 0.15) is 36.0 Å². The van der Waals surface area contributed by atoms with E-state index in [4.69, 9.17) is 5.73 Å². The van der Waals surface area contributed by atoms with E-state index in [-0.39, 0.29) is 36.2 Å². The molecule has 1 aromatic carbocycles. The van der Waals surface area contributed by atoms with Crippen LogP contribution in [0.2, 0.25) is 0 Å². The molecule has 4 N–H and O–H groups in total. The summed E-state index contributed by atoms with van der Waals surface area (Å²) in [7, 11) is 0. The Balaban J connectivity index is 0.00000192. The van der Waals surface area contributed by atoms with Gasteiger partial charge in [-0.15, -0.1) is 12.4 Å². The molecule has 124 valence electrons. The number of hydrogen-bond acceptors (Lipinski definition) is 3. The molecule has 2 aromatic rings. The molecule has 0 aliphatic heterocycles. The van der Waals surface area contributed by atoms with Gasteiger partial charge in [0, 0.05) is 17.6 Å². The smallest absolute Gasteiger partial charge is 0.255 e. The van der Waals surface area contributed by atoms with Crippen molar-refractivity contribution in [2.45, 2.75) is 37.8 Å². The van der Waals surface area contributed by atoms with Gasteiger partial charge in [-0.05, 0) is 37.8 Å². The van der Waals surface area contributed by atoms with E-state index >= 15 is 0 Å². The first-order valence-corrected chi connectivity index (χ1v) is 7.50. The van der Waals surface area contributed by atoms with Gasteiger partial charge in [0.25, 0.3) is 5.91 Å². The van der Waals surface area contributed by atoms with Crippen molar-refractivity contribution in [1.82, 2.24) is 15.5 Å². The van der Waals surface area contributed by atoms with Crippen molar-refractivity contribution < 1.29 is 9.18 Å². The minimum absolute atomic E-state index is 0. The van der Waals surface area contributed by atoms with Crippen LogP contribution in [-0.2, 0) is 0 Å². The van der Waals surface area contributed by atoms with E-state index < -0.39 is 0 Å². The van der Waals surface area contributed by atoms with Gasteiger partial charge >= 0.3 is 0 Å². The number of nitrogens with one attached hydrogen (secondary N) is 2. The second-order valence-corrected chi connectivity index (χ2v) is 5.72. The second-order valence-electron chi connectivity index (χ2n) is 5.72. The first kappa shape index (κ1) is 17.4. The molecule has 0 bridgehead atoms. The molecule has 1 saturated carbocycles. The number of benzene rings is 1. The SMILES string of the molecule is Cl.NC1CCC(NC(=O)c2cn[nH]c2-c2ccccc2F)CC1. The Morgan fingerprint density at radius 2 is 1.96 bits per heavy atom. The van der Waals surface area contributed by atoms with Gasteiger partial charge in [-0.2, -0.15) is 5.10 Å². The summed E-state index contributed by atoms with van der Waals surface area (Å²) >= 11 is 0. The molecule has 0 saturated heterocycles. The van der Waals surface area contributed by atoms with Crippen molar-refractivity contribution in [3.63, 3.8) is 0 Å². The third-order valence-corrected chi connectivity index (χ3v) is 4.13. The highest BCUT2D eigenvalue weighted by molar-refractivity contribution is 5.99. The molecule has 1 aliphatic carbocycles. The number of H-pyrrole nitrogens is 1. The largest absolute Gasteiger partial charge is 0.349 e. The van der Waals surface area contributed by atoms with Crippen molar-refractivity contribution in [1.29, 1.82) is 0 Å². The van der Waals surface area contributed by atoms with E-state index in [1.54, 1.807) is 18.2 Å². The molecule has 1 heterocycles. The van der Waals surface area contributed by atoms with E-state index in [1.165, 1.54) is 12.3 Å². The summed E-state index contributed by atoms with van der Waals surface area (Å²) in [6.45, 7) is 0. The minimum atomic E-state index is -0.385. The third kappa shape index (κ3) is 3.89. The number of aromatic nitrogens is 2. The van der Waals surface area contributed by atoms with Crippen molar-refractivity contribution in [2.75, 3.05) is 0 Å². The predicted molar refractivity (Wildman–Crippen MR) is 88.9 cm³/mol. The van der Waals surface area contributed by atoms with E-state index in [1.807, 2.05) is 0 Å². The molecule has 7 heteroatoms. The molecule has 1 amide bonds. The summed E-state index contributed by atoms with van der Waals surface area (Å²) in [5.41, 5.74) is 6.98. The summed E-state index contributed by atoms with van der Waals surface area (Å²) in [5.74, 6) is -0.614. The fourth-order valence-electron chi connectivity index (χ4n) is 2.85. The van der Waals surface area contributed by atoms with Gasteiger partial charge in [0.2, 0.25) is 0 Å². The fraction of sp³-hybridized carbons (Fsp3) is 0.375. The Kier molecular flexibility index (Phi) is 5.74. The standard InChI is InChI=1S/C16H19FN4O.ClH/c17-14-4-2-1-3-12(14)15-13(9-19-21-15)16(22)20-11-7-5-10(18)6-8-11;/h1-4,9-11H,5-8,18H2,(H,19,21)(H,20,22);1H. The van der Waals surface area contributed by atoms with Crippen molar-refractivity contribution in [3.05, 3.63) is 41.8 Å². The molecule has 5 nitrogen and oxygen atoms in total. The molecule has 23 heavy (non-hydrogen) atoms. The van der Waals surface area contributed by atoms with Crippen LogP contribution in [0.25, 0.3) is 11.3 Å². The number of carbonyl (C=O) groups excluding carboxylic acids is 1. The van der Waals surface area contributed by atoms with Gasteiger partial charge in [-0.25, -0.2) is 4.39 Å². The predicted octanol–water partition coefficient (Wildman–Crippen LogP) is 2.64. The normalized spacial score (nSPS) is 20.6. The zero-order chi connectivity index (χ0) is 15.5. The molecule has 0 radical (unpaired) electrons. The lowest BCUT2D eigenvalue weighted by Crippen LogP contribution is -2.40. The lowest BCUT2D eigenvalue weighted by atomic mass is 9.91. The first-order valence-electron chi connectivity index (χ1n) is 7.50. The number of rotatable bonds is 3. The maximum absolute atomic E-state index is 13.9. The van der Waals surface area contributed by atoms with Gasteiger partial charge in [0.1, 0.15) is 5.82 Å². The van der Waals surface area contributed by atoms with Crippen LogP contribution in [-0.4, -0.2) is 28.2 Å². The van der Waals surface area contributed by atoms with Gasteiger partial charge in [0.15, 0.2) is 0 Å². The summed E-state index contributed by atoms with van der Waals surface area (Å²) in [6.07, 6.45) is 5.01. The Morgan fingerprint density at radius 3 is 2.65 bits per heavy atom. The van der Waals surface area contributed by atoms with Gasteiger partial charge in [-0.3, -0.25) is 9.89 Å². The second kappa shape index (κ2) is 7.57. The molecule has 1 fully saturated rings. The fourth-order valence-corrected chi connectivity index (χ4v) is 2.85. The molecule has 3 rings (SSSR count). The van der Waals surface area contributed by atoms with E-state index in [0.717, 1.165) is 25.7 Å². The average Bonchev–Trinajstić information content (AvgIpc) is 2.99. The maximum atomic E-state index is 13.9.